The molecule has 2 aliphatic carbocycles. The molecule has 0 amide bonds. The third-order valence-electron chi connectivity index (χ3n) is 22.4. The molecule has 0 saturated heterocycles. The number of hydrogen-bond acceptors (Lipinski definition) is 2. The molecule has 2 heterocycles. The molecule has 96 heavy (non-hydrogen) atoms. The minimum absolute atomic E-state index is 0.230. The van der Waals surface area contributed by atoms with E-state index in [1.165, 1.54) is 144 Å². The molecule has 15 aromatic carbocycles. The summed E-state index contributed by atoms with van der Waals surface area (Å²) in [6, 6.07) is 129. The Labute approximate surface area is 562 Å². The number of hydrogen-bond donors (Lipinski definition) is 0. The molecule has 0 fully saturated rings. The zero-order chi connectivity index (χ0) is 64.1. The maximum atomic E-state index is 2.58. The van der Waals surface area contributed by atoms with E-state index in [0.29, 0.717) is 0 Å². The van der Waals surface area contributed by atoms with Crippen LogP contribution in [0.15, 0.2) is 340 Å². The van der Waals surface area contributed by atoms with Gasteiger partial charge in [-0.05, 0) is 193 Å². The van der Waals surface area contributed by atoms with Gasteiger partial charge in [-0.1, -0.05) is 307 Å². The first-order chi connectivity index (χ1) is 47.2. The minimum atomic E-state index is -0.614. The maximum Gasteiger partial charge on any atom is 0.0713 e. The van der Waals surface area contributed by atoms with Crippen LogP contribution in [0, 0.1) is 0 Å². The molecule has 0 radical (unpaired) electrons. The van der Waals surface area contributed by atoms with Crippen LogP contribution < -0.4 is 9.80 Å². The van der Waals surface area contributed by atoms with E-state index in [-0.39, 0.29) is 10.8 Å². The topological polar surface area (TPSA) is 6.48 Å². The molecule has 0 bridgehead atoms. The van der Waals surface area contributed by atoms with Crippen LogP contribution in [-0.4, -0.2) is 0 Å². The second-order valence-electron chi connectivity index (χ2n) is 27.8. The summed E-state index contributed by atoms with van der Waals surface area (Å²) in [5.41, 5.74) is 30.4. The van der Waals surface area contributed by atoms with Gasteiger partial charge < -0.3 is 9.80 Å². The van der Waals surface area contributed by atoms with Crippen LogP contribution in [0.25, 0.3) is 66.1 Å². The van der Waals surface area contributed by atoms with E-state index in [4.69, 9.17) is 0 Å². The quantitative estimate of drug-likeness (QED) is 0.140. The lowest BCUT2D eigenvalue weighted by Gasteiger charge is -2.42. The van der Waals surface area contributed by atoms with Crippen LogP contribution in [0.2, 0.25) is 0 Å². The number of nitrogens with zero attached hydrogens (tertiary/aromatic N) is 2. The summed E-state index contributed by atoms with van der Waals surface area (Å²) in [5, 5.41) is 4.72. The molecule has 0 atom stereocenters. The van der Waals surface area contributed by atoms with Crippen molar-refractivity contribution in [2.24, 2.45) is 0 Å². The summed E-state index contributed by atoms with van der Waals surface area (Å²) in [7, 11) is 0. The molecule has 0 spiro atoms. The Bertz CT molecular complexity index is 5130. The summed E-state index contributed by atoms with van der Waals surface area (Å²) in [6.07, 6.45) is 0. The van der Waals surface area contributed by atoms with Crippen molar-refractivity contribution < 1.29 is 0 Å². The molecule has 0 saturated carbocycles. The molecule has 2 nitrogen and oxygen atoms in total. The van der Waals surface area contributed by atoms with Crippen molar-refractivity contribution in [3.05, 3.63) is 406 Å². The Morgan fingerprint density at radius 2 is 0.479 bits per heavy atom. The van der Waals surface area contributed by atoms with E-state index in [0.717, 1.165) is 22.5 Å². The van der Waals surface area contributed by atoms with Crippen molar-refractivity contribution in [3.8, 4) is 44.5 Å². The number of anilines is 6. The van der Waals surface area contributed by atoms with Crippen molar-refractivity contribution in [2.75, 3.05) is 9.80 Å². The third-order valence-corrected chi connectivity index (χ3v) is 22.4. The highest BCUT2D eigenvalue weighted by atomic mass is 15.2. The molecule has 2 heteroatoms. The first kappa shape index (κ1) is 56.0. The highest BCUT2D eigenvalue weighted by Gasteiger charge is 2.49. The normalized spacial score (nSPS) is 15.2. The molecule has 454 valence electrons. The lowest BCUT2D eigenvalue weighted by Crippen LogP contribution is -2.30. The van der Waals surface area contributed by atoms with Gasteiger partial charge in [0, 0.05) is 22.2 Å². The number of benzene rings is 15. The van der Waals surface area contributed by atoms with Crippen LogP contribution in [0.5, 0.6) is 0 Å². The van der Waals surface area contributed by atoms with Gasteiger partial charge in [-0.25, -0.2) is 0 Å². The van der Waals surface area contributed by atoms with Crippen molar-refractivity contribution in [2.45, 2.75) is 49.4 Å². The SMILES string of the molecule is CC1(C)c2ccccc2N(c2ccc3c(-c4ccc5c(c4)C(c4ccccc4)(c4ccccc4)c4ccccc4-5)c4cc(N5c6ccccc6C(C)(C)c6ccccc65)ccc4c(-c4ccc5c(c4)C(c4ccccc4)(c4ccccc4)c4ccccc4-5)c3c2)c2ccccc21. The number of para-hydroxylation sites is 4. The molecule has 4 aliphatic rings. The van der Waals surface area contributed by atoms with E-state index in [1.54, 1.807) is 0 Å². The highest BCUT2D eigenvalue weighted by Crippen LogP contribution is 2.62. The average molecular weight is 1230 g/mol. The molecule has 2 aliphatic heterocycles. The lowest BCUT2D eigenvalue weighted by atomic mass is 9.67. The lowest BCUT2D eigenvalue weighted by molar-refractivity contribution is 0.632. The van der Waals surface area contributed by atoms with Crippen molar-refractivity contribution in [3.63, 3.8) is 0 Å². The fourth-order valence-corrected chi connectivity index (χ4v) is 18.2. The summed E-state index contributed by atoms with van der Waals surface area (Å²) in [6.45, 7) is 9.52. The van der Waals surface area contributed by atoms with Crippen molar-refractivity contribution >= 4 is 55.7 Å². The largest absolute Gasteiger partial charge is 0.310 e. The third kappa shape index (κ3) is 7.70. The predicted molar refractivity (Wildman–Crippen MR) is 401 cm³/mol. The Kier molecular flexibility index (Phi) is 12.2. The molecular formula is C94H68N2. The van der Waals surface area contributed by atoms with Crippen LogP contribution >= 0.6 is 0 Å². The zero-order valence-electron chi connectivity index (χ0n) is 54.2. The van der Waals surface area contributed by atoms with E-state index in [9.17, 15) is 0 Å². The monoisotopic (exact) mass is 1220 g/mol. The zero-order valence-corrected chi connectivity index (χ0v) is 54.2. The van der Waals surface area contributed by atoms with E-state index < -0.39 is 10.8 Å². The molecule has 0 N–H and O–H groups in total. The summed E-state index contributed by atoms with van der Waals surface area (Å²) >= 11 is 0. The number of fused-ring (bicyclic) bond motifs is 12. The Balaban J connectivity index is 0.964. The van der Waals surface area contributed by atoms with Gasteiger partial charge in [0.15, 0.2) is 0 Å². The Morgan fingerprint density at radius 1 is 0.208 bits per heavy atom. The Hall–Kier alpha value is -11.6. The summed E-state index contributed by atoms with van der Waals surface area (Å²) in [4.78, 5) is 5.07. The second-order valence-corrected chi connectivity index (χ2v) is 27.8. The van der Waals surface area contributed by atoms with Gasteiger partial charge in [0.05, 0.1) is 33.6 Å². The molecule has 0 unspecified atom stereocenters. The fourth-order valence-electron chi connectivity index (χ4n) is 18.2. The van der Waals surface area contributed by atoms with Crippen LogP contribution in [0.1, 0.15) is 94.5 Å². The second kappa shape index (κ2) is 21.0. The molecular weight excluding hydrogens is 1160 g/mol. The van der Waals surface area contributed by atoms with Gasteiger partial charge in [0.25, 0.3) is 0 Å². The van der Waals surface area contributed by atoms with Crippen molar-refractivity contribution in [1.29, 1.82) is 0 Å². The van der Waals surface area contributed by atoms with E-state index >= 15 is 0 Å². The standard InChI is InChI=1S/C94H68N2/c1-91(2)79-41-21-25-45-85(79)95(86-46-26-22-42-80(86)91)67-51-55-73-75(59-67)89(61-49-53-71-69-37-17-19-39-77(69)93(83(71)57-61,63-29-9-5-10-30-63)64-31-11-6-12-32-64)74-56-52-68(96-87-47-27-23-43-81(87)92(3,4)82-44-24-28-48-88(82)96)60-76(74)90(73)62-50-54-72-70-38-18-20-40-78(70)94(84(72)58-62,65-33-13-7-14-34-65)66-35-15-8-16-36-66/h5-60H,1-4H3. The van der Waals surface area contributed by atoms with Gasteiger partial charge in [0.2, 0.25) is 0 Å². The van der Waals surface area contributed by atoms with Gasteiger partial charge >= 0.3 is 0 Å². The summed E-state index contributed by atoms with van der Waals surface area (Å²) < 4.78 is 0. The molecule has 0 aromatic heterocycles. The van der Waals surface area contributed by atoms with E-state index in [2.05, 4.69) is 377 Å². The smallest absolute Gasteiger partial charge is 0.0713 e. The van der Waals surface area contributed by atoms with Crippen molar-refractivity contribution in [1.82, 2.24) is 0 Å². The average Bonchev–Trinajstić information content (AvgIpc) is 1.52. The minimum Gasteiger partial charge on any atom is -0.310 e. The molecule has 15 aromatic rings. The number of rotatable bonds is 8. The van der Waals surface area contributed by atoms with Crippen LogP contribution in [0.3, 0.4) is 0 Å². The predicted octanol–water partition coefficient (Wildman–Crippen LogP) is 24.3. The maximum absolute atomic E-state index is 2.58. The first-order valence-electron chi connectivity index (χ1n) is 33.9. The van der Waals surface area contributed by atoms with Crippen LogP contribution in [-0.2, 0) is 21.7 Å². The van der Waals surface area contributed by atoms with Gasteiger partial charge in [-0.2, -0.15) is 0 Å². The Morgan fingerprint density at radius 3 is 0.802 bits per heavy atom. The first-order valence-corrected chi connectivity index (χ1v) is 33.9. The highest BCUT2D eigenvalue weighted by molar-refractivity contribution is 6.23. The summed E-state index contributed by atoms with van der Waals surface area (Å²) in [5.74, 6) is 0. The van der Waals surface area contributed by atoms with Gasteiger partial charge in [-0.3, -0.25) is 0 Å². The molecule has 19 rings (SSSR count). The van der Waals surface area contributed by atoms with Gasteiger partial charge in [0.1, 0.15) is 0 Å². The van der Waals surface area contributed by atoms with Gasteiger partial charge in [-0.15, -0.1) is 0 Å². The van der Waals surface area contributed by atoms with Crippen LogP contribution in [0.4, 0.5) is 34.1 Å². The fraction of sp³-hybridized carbons (Fsp3) is 0.0851. The van der Waals surface area contributed by atoms with E-state index in [1.807, 2.05) is 0 Å².